The number of amides is 2. The molecule has 24 heavy (non-hydrogen) atoms. The predicted molar refractivity (Wildman–Crippen MR) is 96.2 cm³/mol. The van der Waals surface area contributed by atoms with Crippen LogP contribution in [-0.4, -0.2) is 29.3 Å². The number of rotatable bonds is 8. The summed E-state index contributed by atoms with van der Waals surface area (Å²) in [7, 11) is 0. The van der Waals surface area contributed by atoms with Crippen LogP contribution in [0.15, 0.2) is 30.3 Å². The van der Waals surface area contributed by atoms with Crippen molar-refractivity contribution in [3.8, 4) is 0 Å². The van der Waals surface area contributed by atoms with Crippen molar-refractivity contribution < 1.29 is 9.59 Å². The maximum absolute atomic E-state index is 12.8. The van der Waals surface area contributed by atoms with Gasteiger partial charge in [-0.05, 0) is 38.2 Å². The number of nitrogens with zero attached hydrogens (tertiary/aromatic N) is 1. The Morgan fingerprint density at radius 3 is 2.38 bits per heavy atom. The van der Waals surface area contributed by atoms with Gasteiger partial charge >= 0.3 is 0 Å². The van der Waals surface area contributed by atoms with Crippen LogP contribution in [0.2, 0.25) is 0 Å². The molecule has 0 aliphatic heterocycles. The molecule has 1 aliphatic rings. The molecule has 1 saturated carbocycles. The van der Waals surface area contributed by atoms with Crippen LogP contribution in [-0.2, 0) is 16.1 Å². The SMILES string of the molecule is CC(C)CCNC(=O)C1CC1C(=O)N(Cc1ccccc1)C(C)C. The van der Waals surface area contributed by atoms with Gasteiger partial charge in [0, 0.05) is 19.1 Å². The average Bonchev–Trinajstić information content (AvgIpc) is 3.33. The Morgan fingerprint density at radius 2 is 1.79 bits per heavy atom. The van der Waals surface area contributed by atoms with Crippen LogP contribution in [0.3, 0.4) is 0 Å². The summed E-state index contributed by atoms with van der Waals surface area (Å²) in [5.41, 5.74) is 1.12. The first-order valence-corrected chi connectivity index (χ1v) is 9.02. The van der Waals surface area contributed by atoms with Crippen molar-refractivity contribution >= 4 is 11.8 Å². The van der Waals surface area contributed by atoms with Crippen molar-refractivity contribution in [1.82, 2.24) is 10.2 Å². The third-order valence-corrected chi connectivity index (χ3v) is 4.57. The second-order valence-electron chi connectivity index (χ2n) is 7.47. The van der Waals surface area contributed by atoms with Crippen LogP contribution in [0.1, 0.15) is 46.1 Å². The molecule has 4 nitrogen and oxygen atoms in total. The lowest BCUT2D eigenvalue weighted by molar-refractivity contribution is -0.136. The van der Waals surface area contributed by atoms with Gasteiger partial charge in [-0.3, -0.25) is 9.59 Å². The molecular formula is C20H30N2O2. The minimum absolute atomic E-state index is 0.0393. The average molecular weight is 330 g/mol. The number of carbonyl (C=O) groups is 2. The highest BCUT2D eigenvalue weighted by Gasteiger charge is 2.49. The highest BCUT2D eigenvalue weighted by atomic mass is 16.2. The summed E-state index contributed by atoms with van der Waals surface area (Å²) in [5.74, 6) is 0.441. The Balaban J connectivity index is 1.89. The molecule has 0 bridgehead atoms. The minimum atomic E-state index is -0.143. The lowest BCUT2D eigenvalue weighted by Gasteiger charge is -2.27. The zero-order chi connectivity index (χ0) is 17.7. The molecule has 2 unspecified atom stereocenters. The van der Waals surface area contributed by atoms with E-state index in [0.29, 0.717) is 25.4 Å². The Hall–Kier alpha value is -1.84. The van der Waals surface area contributed by atoms with E-state index in [2.05, 4.69) is 19.2 Å². The summed E-state index contributed by atoms with van der Waals surface area (Å²) in [6, 6.07) is 10.1. The summed E-state index contributed by atoms with van der Waals surface area (Å²) in [6.45, 7) is 9.64. The largest absolute Gasteiger partial charge is 0.356 e. The summed E-state index contributed by atoms with van der Waals surface area (Å²) in [5, 5.41) is 2.97. The van der Waals surface area contributed by atoms with Gasteiger partial charge in [0.1, 0.15) is 0 Å². The quantitative estimate of drug-likeness (QED) is 0.795. The fourth-order valence-corrected chi connectivity index (χ4v) is 2.88. The van der Waals surface area contributed by atoms with Gasteiger partial charge in [-0.25, -0.2) is 0 Å². The molecule has 1 aromatic rings. The van der Waals surface area contributed by atoms with Crippen molar-refractivity contribution in [3.05, 3.63) is 35.9 Å². The third-order valence-electron chi connectivity index (χ3n) is 4.57. The summed E-state index contributed by atoms with van der Waals surface area (Å²) in [4.78, 5) is 26.9. The standard InChI is InChI=1S/C20H30N2O2/c1-14(2)10-11-21-19(23)17-12-18(17)20(24)22(15(3)4)13-16-8-6-5-7-9-16/h5-9,14-15,17-18H,10-13H2,1-4H3,(H,21,23). The van der Waals surface area contributed by atoms with Crippen LogP contribution in [0, 0.1) is 17.8 Å². The van der Waals surface area contributed by atoms with Crippen molar-refractivity contribution in [2.75, 3.05) is 6.54 Å². The molecule has 1 N–H and O–H groups in total. The van der Waals surface area contributed by atoms with Gasteiger partial charge in [0.15, 0.2) is 0 Å². The van der Waals surface area contributed by atoms with E-state index in [0.717, 1.165) is 12.0 Å². The Bertz CT molecular complexity index is 554. The van der Waals surface area contributed by atoms with Gasteiger partial charge < -0.3 is 10.2 Å². The molecule has 2 amide bonds. The number of hydrogen-bond donors (Lipinski definition) is 1. The van der Waals surface area contributed by atoms with E-state index >= 15 is 0 Å². The maximum atomic E-state index is 12.8. The Morgan fingerprint density at radius 1 is 1.12 bits per heavy atom. The summed E-state index contributed by atoms with van der Waals surface area (Å²) >= 11 is 0. The number of nitrogens with one attached hydrogen (secondary N) is 1. The zero-order valence-electron chi connectivity index (χ0n) is 15.3. The van der Waals surface area contributed by atoms with Crippen molar-refractivity contribution in [2.24, 2.45) is 17.8 Å². The van der Waals surface area contributed by atoms with Crippen LogP contribution < -0.4 is 5.32 Å². The maximum Gasteiger partial charge on any atom is 0.227 e. The number of benzene rings is 1. The van der Waals surface area contributed by atoms with Crippen LogP contribution >= 0.6 is 0 Å². The van der Waals surface area contributed by atoms with Gasteiger partial charge in [-0.15, -0.1) is 0 Å². The fraction of sp³-hybridized carbons (Fsp3) is 0.600. The Kier molecular flexibility index (Phi) is 6.41. The number of carbonyl (C=O) groups excluding carboxylic acids is 2. The molecule has 1 fully saturated rings. The molecule has 0 radical (unpaired) electrons. The predicted octanol–water partition coefficient (Wildman–Crippen LogP) is 3.22. The zero-order valence-corrected chi connectivity index (χ0v) is 15.3. The highest BCUT2D eigenvalue weighted by molar-refractivity contribution is 5.92. The molecule has 1 aromatic carbocycles. The molecule has 0 heterocycles. The van der Waals surface area contributed by atoms with E-state index in [-0.39, 0.29) is 29.7 Å². The van der Waals surface area contributed by atoms with Crippen molar-refractivity contribution in [2.45, 2.75) is 53.1 Å². The molecule has 1 aliphatic carbocycles. The van der Waals surface area contributed by atoms with Crippen molar-refractivity contribution in [3.63, 3.8) is 0 Å². The smallest absolute Gasteiger partial charge is 0.227 e. The van der Waals surface area contributed by atoms with E-state index in [1.54, 1.807) is 0 Å². The fourth-order valence-electron chi connectivity index (χ4n) is 2.88. The normalized spacial score (nSPS) is 19.4. The first kappa shape index (κ1) is 18.5. The van der Waals surface area contributed by atoms with Gasteiger partial charge in [0.2, 0.25) is 11.8 Å². The van der Waals surface area contributed by atoms with E-state index in [1.807, 2.05) is 49.1 Å². The minimum Gasteiger partial charge on any atom is -0.356 e. The van der Waals surface area contributed by atoms with Crippen LogP contribution in [0.4, 0.5) is 0 Å². The van der Waals surface area contributed by atoms with Crippen LogP contribution in [0.25, 0.3) is 0 Å². The summed E-state index contributed by atoms with van der Waals surface area (Å²) in [6.07, 6.45) is 1.66. The van der Waals surface area contributed by atoms with Gasteiger partial charge in [-0.1, -0.05) is 44.2 Å². The molecule has 0 saturated heterocycles. The third kappa shape index (κ3) is 5.08. The van der Waals surface area contributed by atoms with E-state index < -0.39 is 0 Å². The van der Waals surface area contributed by atoms with Crippen LogP contribution in [0.5, 0.6) is 0 Å². The lowest BCUT2D eigenvalue weighted by atomic mass is 10.1. The first-order chi connectivity index (χ1) is 11.4. The first-order valence-electron chi connectivity index (χ1n) is 9.02. The van der Waals surface area contributed by atoms with E-state index in [4.69, 9.17) is 0 Å². The monoisotopic (exact) mass is 330 g/mol. The molecule has 2 atom stereocenters. The topological polar surface area (TPSA) is 49.4 Å². The van der Waals surface area contributed by atoms with Crippen molar-refractivity contribution in [1.29, 1.82) is 0 Å². The lowest BCUT2D eigenvalue weighted by Crippen LogP contribution is -2.38. The van der Waals surface area contributed by atoms with Gasteiger partial charge in [0.05, 0.1) is 11.8 Å². The molecule has 4 heteroatoms. The van der Waals surface area contributed by atoms with E-state index in [1.165, 1.54) is 0 Å². The van der Waals surface area contributed by atoms with E-state index in [9.17, 15) is 9.59 Å². The highest BCUT2D eigenvalue weighted by Crippen LogP contribution is 2.40. The Labute approximate surface area is 145 Å². The molecule has 2 rings (SSSR count). The summed E-state index contributed by atoms with van der Waals surface area (Å²) < 4.78 is 0. The van der Waals surface area contributed by atoms with Gasteiger partial charge in [-0.2, -0.15) is 0 Å². The molecule has 0 spiro atoms. The number of hydrogen-bond acceptors (Lipinski definition) is 2. The molecular weight excluding hydrogens is 300 g/mol. The second-order valence-corrected chi connectivity index (χ2v) is 7.47. The molecule has 132 valence electrons. The van der Waals surface area contributed by atoms with Gasteiger partial charge in [0.25, 0.3) is 0 Å². The molecule has 0 aromatic heterocycles. The second kappa shape index (κ2) is 8.32.